The Morgan fingerprint density at radius 2 is 2.19 bits per heavy atom. The Labute approximate surface area is 176 Å². The molecule has 1 amide bonds. The van der Waals surface area contributed by atoms with Gasteiger partial charge in [-0.1, -0.05) is 24.3 Å². The Balaban J connectivity index is 0.00000182. The minimum Gasteiger partial charge on any atom is -0.376 e. The Hall–Kier alpha value is -1.22. The third-order valence-electron chi connectivity index (χ3n) is 4.13. The van der Waals surface area contributed by atoms with E-state index in [-0.39, 0.29) is 36.8 Å². The van der Waals surface area contributed by atoms with E-state index in [9.17, 15) is 4.79 Å². The monoisotopic (exact) mass is 432 g/mol. The first kappa shape index (κ1) is 23.8. The summed E-state index contributed by atoms with van der Waals surface area (Å²) in [4.78, 5) is 18.8. The van der Waals surface area contributed by atoms with E-state index < -0.39 is 0 Å². The van der Waals surface area contributed by atoms with Gasteiger partial charge in [0.1, 0.15) is 10.7 Å². The molecule has 1 aromatic heterocycles. The summed E-state index contributed by atoms with van der Waals surface area (Å²) >= 11 is 1.41. The van der Waals surface area contributed by atoms with Crippen LogP contribution in [0.5, 0.6) is 0 Å². The maximum Gasteiger partial charge on any atom is 0.271 e. The quantitative estimate of drug-likeness (QED) is 0.732. The van der Waals surface area contributed by atoms with Crippen LogP contribution in [0.15, 0.2) is 29.6 Å². The second kappa shape index (κ2) is 11.6. The largest absolute Gasteiger partial charge is 0.376 e. The van der Waals surface area contributed by atoms with Crippen LogP contribution in [0.4, 0.5) is 0 Å². The number of carbonyl (C=O) groups is 1. The molecule has 2 heterocycles. The second-order valence-corrected chi connectivity index (χ2v) is 7.19. The molecule has 9 heteroatoms. The molecular formula is C18H26Cl2N4O2S. The van der Waals surface area contributed by atoms with Crippen LogP contribution in [-0.2, 0) is 24.4 Å². The van der Waals surface area contributed by atoms with E-state index in [0.29, 0.717) is 18.8 Å². The van der Waals surface area contributed by atoms with Crippen LogP contribution in [-0.4, -0.2) is 41.6 Å². The summed E-state index contributed by atoms with van der Waals surface area (Å²) in [5, 5.41) is 5.44. The maximum absolute atomic E-state index is 12.2. The molecule has 150 valence electrons. The third kappa shape index (κ3) is 7.03. The number of halogens is 2. The first-order valence-electron chi connectivity index (χ1n) is 8.48. The first-order valence-corrected chi connectivity index (χ1v) is 9.36. The fraction of sp³-hybridized carbons (Fsp3) is 0.444. The van der Waals surface area contributed by atoms with E-state index >= 15 is 0 Å². The van der Waals surface area contributed by atoms with E-state index in [1.807, 2.05) is 12.1 Å². The zero-order valence-electron chi connectivity index (χ0n) is 15.2. The number of ether oxygens (including phenoxy) is 1. The van der Waals surface area contributed by atoms with Crippen molar-refractivity contribution in [2.24, 2.45) is 5.73 Å². The van der Waals surface area contributed by atoms with Crippen molar-refractivity contribution in [1.29, 1.82) is 0 Å². The molecule has 27 heavy (non-hydrogen) atoms. The molecule has 3 N–H and O–H groups in total. The number of nitrogens with one attached hydrogen (secondary N) is 1. The van der Waals surface area contributed by atoms with Gasteiger partial charge in [-0.15, -0.1) is 36.2 Å². The van der Waals surface area contributed by atoms with Crippen LogP contribution in [0, 0.1) is 0 Å². The van der Waals surface area contributed by atoms with Crippen molar-refractivity contribution in [2.45, 2.75) is 32.7 Å². The number of nitrogens with two attached hydrogens (primary N) is 1. The summed E-state index contributed by atoms with van der Waals surface area (Å²) < 4.78 is 5.58. The lowest BCUT2D eigenvalue weighted by molar-refractivity contribution is -0.0212. The van der Waals surface area contributed by atoms with Crippen LogP contribution in [0.2, 0.25) is 0 Å². The zero-order chi connectivity index (χ0) is 17.6. The SMILES string of the molecule is CC1CN(Cc2cccc(CNC(=O)c3csc(CN)n3)c2)CCO1.Cl.Cl. The number of carbonyl (C=O) groups excluding carboxylic acids is 1. The van der Waals surface area contributed by atoms with Crippen molar-refractivity contribution in [2.75, 3.05) is 19.7 Å². The van der Waals surface area contributed by atoms with Crippen molar-refractivity contribution < 1.29 is 9.53 Å². The summed E-state index contributed by atoms with van der Waals surface area (Å²) in [6.45, 7) is 6.55. The van der Waals surface area contributed by atoms with Crippen molar-refractivity contribution in [1.82, 2.24) is 15.2 Å². The summed E-state index contributed by atoms with van der Waals surface area (Å²) in [7, 11) is 0. The van der Waals surface area contributed by atoms with E-state index in [1.165, 1.54) is 16.9 Å². The number of morpholine rings is 1. The molecule has 0 bridgehead atoms. The lowest BCUT2D eigenvalue weighted by Gasteiger charge is -2.31. The zero-order valence-corrected chi connectivity index (χ0v) is 17.7. The predicted octanol–water partition coefficient (Wildman–Crippen LogP) is 2.60. The second-order valence-electron chi connectivity index (χ2n) is 6.25. The van der Waals surface area contributed by atoms with Gasteiger partial charge in [0.05, 0.1) is 12.7 Å². The summed E-state index contributed by atoms with van der Waals surface area (Å²) in [5.41, 5.74) is 8.30. The number of hydrogen-bond acceptors (Lipinski definition) is 6. The Bertz CT molecular complexity index is 729. The molecule has 1 fully saturated rings. The van der Waals surface area contributed by atoms with Crippen LogP contribution < -0.4 is 11.1 Å². The Morgan fingerprint density at radius 1 is 1.41 bits per heavy atom. The fourth-order valence-electron chi connectivity index (χ4n) is 2.91. The number of thiazole rings is 1. The van der Waals surface area contributed by atoms with Crippen LogP contribution in [0.3, 0.4) is 0 Å². The Kier molecular flexibility index (Phi) is 10.2. The Morgan fingerprint density at radius 3 is 2.89 bits per heavy atom. The topological polar surface area (TPSA) is 80.5 Å². The highest BCUT2D eigenvalue weighted by Crippen LogP contribution is 2.13. The van der Waals surface area contributed by atoms with Crippen molar-refractivity contribution >= 4 is 42.1 Å². The van der Waals surface area contributed by atoms with E-state index in [0.717, 1.165) is 36.8 Å². The number of benzene rings is 1. The van der Waals surface area contributed by atoms with Gasteiger partial charge in [-0.3, -0.25) is 9.69 Å². The molecule has 2 aromatic rings. The highest BCUT2D eigenvalue weighted by Gasteiger charge is 2.16. The minimum atomic E-state index is -0.164. The minimum absolute atomic E-state index is 0. The number of nitrogens with zero attached hydrogens (tertiary/aromatic N) is 2. The van der Waals surface area contributed by atoms with Crippen molar-refractivity contribution in [3.05, 3.63) is 51.5 Å². The summed E-state index contributed by atoms with van der Waals surface area (Å²) in [6.07, 6.45) is 0.285. The summed E-state index contributed by atoms with van der Waals surface area (Å²) in [5.74, 6) is -0.164. The molecule has 1 saturated heterocycles. The molecule has 1 atom stereocenters. The van der Waals surface area contributed by atoms with Crippen LogP contribution in [0.1, 0.15) is 33.5 Å². The van der Waals surface area contributed by atoms with Gasteiger partial charge < -0.3 is 15.8 Å². The van der Waals surface area contributed by atoms with Crippen molar-refractivity contribution in [3.63, 3.8) is 0 Å². The molecule has 3 rings (SSSR count). The molecule has 0 radical (unpaired) electrons. The van der Waals surface area contributed by atoms with Crippen molar-refractivity contribution in [3.8, 4) is 0 Å². The fourth-order valence-corrected chi connectivity index (χ4v) is 3.57. The van der Waals surface area contributed by atoms with Crippen LogP contribution >= 0.6 is 36.2 Å². The molecule has 1 aromatic carbocycles. The van der Waals surface area contributed by atoms with E-state index in [1.54, 1.807) is 5.38 Å². The lowest BCUT2D eigenvalue weighted by atomic mass is 10.1. The number of aromatic nitrogens is 1. The molecule has 0 saturated carbocycles. The number of amides is 1. The van der Waals surface area contributed by atoms with Gasteiger partial charge >= 0.3 is 0 Å². The molecule has 6 nitrogen and oxygen atoms in total. The van der Waals surface area contributed by atoms with E-state index in [2.05, 4.69) is 34.3 Å². The highest BCUT2D eigenvalue weighted by atomic mass is 35.5. The standard InChI is InChI=1S/C18H24N4O2S.2ClH/c1-13-10-22(5-6-24-13)11-15-4-2-3-14(7-15)9-20-18(23)16-12-25-17(8-19)21-16;;/h2-4,7,12-13H,5-6,8-11,19H2,1H3,(H,20,23);2*1H. The van der Waals surface area contributed by atoms with Gasteiger partial charge in [0.25, 0.3) is 5.91 Å². The average Bonchev–Trinajstić information content (AvgIpc) is 3.09. The third-order valence-corrected chi connectivity index (χ3v) is 5.01. The normalized spacial score (nSPS) is 16.9. The lowest BCUT2D eigenvalue weighted by Crippen LogP contribution is -2.40. The molecule has 1 aliphatic heterocycles. The summed E-state index contributed by atoms with van der Waals surface area (Å²) in [6, 6.07) is 8.33. The average molecular weight is 433 g/mol. The smallest absolute Gasteiger partial charge is 0.271 e. The molecule has 1 aliphatic rings. The highest BCUT2D eigenvalue weighted by molar-refractivity contribution is 7.09. The molecule has 0 spiro atoms. The molecular weight excluding hydrogens is 407 g/mol. The van der Waals surface area contributed by atoms with Gasteiger partial charge in [0.2, 0.25) is 0 Å². The molecule has 1 unspecified atom stereocenters. The van der Waals surface area contributed by atoms with Gasteiger partial charge in [0, 0.05) is 38.1 Å². The van der Waals surface area contributed by atoms with Crippen LogP contribution in [0.25, 0.3) is 0 Å². The van der Waals surface area contributed by atoms with Gasteiger partial charge in [-0.05, 0) is 18.1 Å². The molecule has 0 aliphatic carbocycles. The van der Waals surface area contributed by atoms with E-state index in [4.69, 9.17) is 10.5 Å². The number of hydrogen-bond donors (Lipinski definition) is 2. The van der Waals surface area contributed by atoms with Gasteiger partial charge in [-0.2, -0.15) is 0 Å². The predicted molar refractivity (Wildman–Crippen MR) is 113 cm³/mol. The van der Waals surface area contributed by atoms with Gasteiger partial charge in [-0.25, -0.2) is 4.98 Å². The maximum atomic E-state index is 12.2. The first-order chi connectivity index (χ1) is 12.1. The number of rotatable bonds is 6. The van der Waals surface area contributed by atoms with Gasteiger partial charge in [0.15, 0.2) is 0 Å².